The van der Waals surface area contributed by atoms with Crippen molar-refractivity contribution in [1.82, 2.24) is 5.32 Å². The Morgan fingerprint density at radius 3 is 2.68 bits per heavy atom. The molecule has 176 valence electrons. The van der Waals surface area contributed by atoms with Crippen molar-refractivity contribution in [2.45, 2.75) is 77.7 Å². The minimum Gasteiger partial charge on any atom is -0.391 e. The summed E-state index contributed by atoms with van der Waals surface area (Å²) in [7, 11) is 1.85. The molecular weight excluding hydrogens is 412 g/mol. The van der Waals surface area contributed by atoms with E-state index in [4.69, 9.17) is 9.57 Å². The Balaban J connectivity index is 0.00000231. The third kappa shape index (κ3) is 3.87. The molecule has 0 amide bonds. The summed E-state index contributed by atoms with van der Waals surface area (Å²) in [6.45, 7) is 7.64. The van der Waals surface area contributed by atoms with Gasteiger partial charge in [0.25, 0.3) is 0 Å². The van der Waals surface area contributed by atoms with Gasteiger partial charge in [-0.05, 0) is 86.5 Å². The molecule has 31 heavy (non-hydrogen) atoms. The predicted molar refractivity (Wildman–Crippen MR) is 125 cm³/mol. The van der Waals surface area contributed by atoms with E-state index >= 15 is 0 Å². The van der Waals surface area contributed by atoms with Gasteiger partial charge in [-0.1, -0.05) is 19.0 Å². The summed E-state index contributed by atoms with van der Waals surface area (Å²) in [6.07, 6.45) is 10.1. The fraction of sp³-hybridized carbons (Fsp3) is 0.920. The van der Waals surface area contributed by atoms with Gasteiger partial charge in [0, 0.05) is 38.5 Å². The first-order chi connectivity index (χ1) is 14.5. The highest BCUT2D eigenvalue weighted by atomic mass is 35.5. The molecule has 5 fully saturated rings. The maximum Gasteiger partial charge on any atom is 0.141 e. The Morgan fingerprint density at radius 2 is 1.94 bits per heavy atom. The monoisotopic (exact) mass is 452 g/mol. The van der Waals surface area contributed by atoms with Crippen LogP contribution in [0.1, 0.15) is 71.6 Å². The third-order valence-electron chi connectivity index (χ3n) is 10.1. The number of nitrogens with zero attached hydrogens (tertiary/aromatic N) is 1. The molecule has 0 bridgehead atoms. The first-order valence-electron chi connectivity index (χ1n) is 12.4. The number of carbonyl (C=O) groups excluding carboxylic acids is 1. The summed E-state index contributed by atoms with van der Waals surface area (Å²) < 4.78 is 5.74. The number of Topliss-reactive ketones (excluding diaryl/α,β-unsaturated/α-hetero) is 1. The summed E-state index contributed by atoms with van der Waals surface area (Å²) in [5.74, 6) is 3.76. The second kappa shape index (κ2) is 8.95. The highest BCUT2D eigenvalue weighted by Crippen LogP contribution is 2.66. The number of fused-ring (bicyclic) bond motifs is 5. The molecule has 6 heteroatoms. The van der Waals surface area contributed by atoms with Gasteiger partial charge in [-0.2, -0.15) is 0 Å². The minimum absolute atomic E-state index is 0. The van der Waals surface area contributed by atoms with Crippen LogP contribution in [0.25, 0.3) is 0 Å². The summed E-state index contributed by atoms with van der Waals surface area (Å²) in [6, 6.07) is 0. The van der Waals surface area contributed by atoms with Crippen molar-refractivity contribution in [1.29, 1.82) is 0 Å². The number of rotatable bonds is 4. The Morgan fingerprint density at radius 1 is 1.10 bits per heavy atom. The molecule has 1 saturated heterocycles. The number of halogens is 1. The quantitative estimate of drug-likeness (QED) is 0.632. The number of ether oxygens (including phenoxy) is 1. The number of oxime groups is 1. The van der Waals surface area contributed by atoms with Crippen LogP contribution in [0.4, 0.5) is 0 Å². The van der Waals surface area contributed by atoms with Gasteiger partial charge in [0.15, 0.2) is 0 Å². The molecule has 0 aromatic heterocycles. The molecule has 0 aromatic carbocycles. The number of carbonyl (C=O) groups is 1. The third-order valence-corrected chi connectivity index (χ3v) is 10.1. The Kier molecular flexibility index (Phi) is 6.78. The van der Waals surface area contributed by atoms with Gasteiger partial charge in [0.2, 0.25) is 0 Å². The van der Waals surface area contributed by atoms with Crippen LogP contribution < -0.4 is 5.32 Å². The lowest BCUT2D eigenvalue weighted by atomic mass is 9.43. The maximum atomic E-state index is 12.7. The summed E-state index contributed by atoms with van der Waals surface area (Å²) >= 11 is 0. The first kappa shape index (κ1) is 23.5. The standard InChI is InChI=1S/C25H40N2O3.ClH/c1-24-9-6-17(27-30-18-8-11-26-14-18)13-22(24)16(15-29-3)12-19-20-4-5-23(28)25(20,2)10-7-21(19)24;/h16,18-22,26H,4-15H2,1-3H3;1H/t16-,18-,19+,20+,21+,22?,24-,25+;/m1./s1. The molecule has 1 unspecified atom stereocenters. The van der Waals surface area contributed by atoms with E-state index in [0.717, 1.165) is 64.1 Å². The number of ketones is 1. The van der Waals surface area contributed by atoms with E-state index < -0.39 is 0 Å². The lowest BCUT2D eigenvalue weighted by molar-refractivity contribution is -0.145. The zero-order chi connectivity index (χ0) is 20.9. The average molecular weight is 453 g/mol. The van der Waals surface area contributed by atoms with E-state index in [2.05, 4.69) is 24.3 Å². The summed E-state index contributed by atoms with van der Waals surface area (Å²) in [4.78, 5) is 18.6. The van der Waals surface area contributed by atoms with Gasteiger partial charge >= 0.3 is 0 Å². The highest BCUT2D eigenvalue weighted by molar-refractivity contribution is 5.87. The molecule has 0 aromatic rings. The van der Waals surface area contributed by atoms with Crippen molar-refractivity contribution in [3.8, 4) is 0 Å². The zero-order valence-electron chi connectivity index (χ0n) is 19.5. The Bertz CT molecular complexity index is 709. The largest absolute Gasteiger partial charge is 0.391 e. The normalized spacial score (nSPS) is 48.0. The highest BCUT2D eigenvalue weighted by Gasteiger charge is 2.62. The van der Waals surface area contributed by atoms with Crippen LogP contribution in [0, 0.1) is 40.4 Å². The van der Waals surface area contributed by atoms with Gasteiger partial charge in [-0.25, -0.2) is 0 Å². The molecule has 0 spiro atoms. The van der Waals surface area contributed by atoms with Crippen LogP contribution in [0.5, 0.6) is 0 Å². The van der Waals surface area contributed by atoms with Crippen molar-refractivity contribution < 1.29 is 14.4 Å². The van der Waals surface area contributed by atoms with Crippen LogP contribution in [0.3, 0.4) is 0 Å². The van der Waals surface area contributed by atoms with Gasteiger partial charge in [0.05, 0.1) is 5.71 Å². The zero-order valence-corrected chi connectivity index (χ0v) is 20.3. The fourth-order valence-electron chi connectivity index (χ4n) is 8.42. The lowest BCUT2D eigenvalue weighted by Crippen LogP contribution is -2.57. The average Bonchev–Trinajstić information content (AvgIpc) is 3.35. The van der Waals surface area contributed by atoms with Crippen molar-refractivity contribution >= 4 is 23.9 Å². The molecule has 5 nitrogen and oxygen atoms in total. The predicted octanol–water partition coefficient (Wildman–Crippen LogP) is 4.63. The molecule has 1 aliphatic heterocycles. The molecule has 4 saturated carbocycles. The minimum atomic E-state index is -0.0492. The molecule has 0 radical (unpaired) electrons. The van der Waals surface area contributed by atoms with Gasteiger partial charge in [-0.15, -0.1) is 12.4 Å². The lowest BCUT2D eigenvalue weighted by Gasteiger charge is -2.61. The maximum absolute atomic E-state index is 12.7. The van der Waals surface area contributed by atoms with Crippen LogP contribution in [0.2, 0.25) is 0 Å². The van der Waals surface area contributed by atoms with Crippen LogP contribution in [-0.4, -0.2) is 44.4 Å². The van der Waals surface area contributed by atoms with Gasteiger partial charge < -0.3 is 14.9 Å². The van der Waals surface area contributed by atoms with Crippen molar-refractivity contribution in [3.63, 3.8) is 0 Å². The van der Waals surface area contributed by atoms with E-state index in [1.165, 1.54) is 25.0 Å². The number of hydrogen-bond acceptors (Lipinski definition) is 5. The topological polar surface area (TPSA) is 59.9 Å². The second-order valence-corrected chi connectivity index (χ2v) is 11.4. The van der Waals surface area contributed by atoms with Crippen LogP contribution in [-0.2, 0) is 14.4 Å². The molecule has 5 aliphatic rings. The number of hydrogen-bond donors (Lipinski definition) is 1. The van der Waals surface area contributed by atoms with E-state index in [1.807, 2.05) is 7.11 Å². The molecular formula is C25H41ClN2O3. The molecule has 1 heterocycles. The van der Waals surface area contributed by atoms with E-state index in [1.54, 1.807) is 0 Å². The second-order valence-electron chi connectivity index (χ2n) is 11.4. The van der Waals surface area contributed by atoms with E-state index in [-0.39, 0.29) is 23.9 Å². The smallest absolute Gasteiger partial charge is 0.141 e. The summed E-state index contributed by atoms with van der Waals surface area (Å²) in [5.41, 5.74) is 1.56. The molecule has 5 rings (SSSR count). The summed E-state index contributed by atoms with van der Waals surface area (Å²) in [5, 5.41) is 8.01. The van der Waals surface area contributed by atoms with E-state index in [0.29, 0.717) is 34.9 Å². The van der Waals surface area contributed by atoms with Crippen molar-refractivity contribution in [2.75, 3.05) is 26.8 Å². The Labute approximate surface area is 193 Å². The van der Waals surface area contributed by atoms with Gasteiger partial charge in [-0.3, -0.25) is 4.79 Å². The molecule has 8 atom stereocenters. The fourth-order valence-corrected chi connectivity index (χ4v) is 8.42. The van der Waals surface area contributed by atoms with Crippen molar-refractivity contribution in [2.24, 2.45) is 45.6 Å². The SMILES string of the molecule is COC[C@H]1C[C@@H]2[C@H](CC[C@]3(C)C(=O)CC[C@@H]23)[C@@]2(C)CCC(=NO[C@@H]3CCNC3)CC12.Cl. The van der Waals surface area contributed by atoms with Crippen LogP contribution in [0.15, 0.2) is 5.16 Å². The number of methoxy groups -OCH3 is 1. The van der Waals surface area contributed by atoms with Crippen molar-refractivity contribution in [3.05, 3.63) is 0 Å². The van der Waals surface area contributed by atoms with Gasteiger partial charge in [0.1, 0.15) is 11.9 Å². The molecule has 1 N–H and O–H groups in total. The number of nitrogens with one attached hydrogen (secondary N) is 1. The Hall–Kier alpha value is -0.650. The first-order valence-corrected chi connectivity index (χ1v) is 12.4. The van der Waals surface area contributed by atoms with Crippen LogP contribution >= 0.6 is 12.4 Å². The van der Waals surface area contributed by atoms with E-state index in [9.17, 15) is 4.79 Å². The molecule has 4 aliphatic carbocycles.